The second kappa shape index (κ2) is 8.67. The molecule has 140 valence electrons. The van der Waals surface area contributed by atoms with Crippen molar-refractivity contribution < 1.29 is 4.79 Å². The lowest BCUT2D eigenvalue weighted by molar-refractivity contribution is 0.193. The number of aromatic nitrogens is 1. The molecular formula is C21H22BrN3OS. The lowest BCUT2D eigenvalue weighted by atomic mass is 10.1. The fourth-order valence-electron chi connectivity index (χ4n) is 2.77. The molecule has 0 spiro atoms. The molecule has 4 nitrogen and oxygen atoms in total. The third-order valence-corrected chi connectivity index (χ3v) is 5.96. The minimum atomic E-state index is -0.105. The Balaban J connectivity index is 1.76. The Morgan fingerprint density at radius 2 is 2.07 bits per heavy atom. The van der Waals surface area contributed by atoms with E-state index in [-0.39, 0.29) is 12.1 Å². The van der Waals surface area contributed by atoms with Gasteiger partial charge in [-0.1, -0.05) is 34.1 Å². The molecule has 0 fully saturated rings. The number of anilines is 1. The van der Waals surface area contributed by atoms with Crippen LogP contribution in [0.25, 0.3) is 10.6 Å². The van der Waals surface area contributed by atoms with Crippen LogP contribution in [0.3, 0.4) is 0 Å². The van der Waals surface area contributed by atoms with Gasteiger partial charge >= 0.3 is 6.03 Å². The zero-order valence-corrected chi connectivity index (χ0v) is 18.0. The number of nitrogens with zero attached hydrogens (tertiary/aromatic N) is 2. The Hall–Kier alpha value is -2.18. The fraction of sp³-hybridized carbons (Fsp3) is 0.238. The second-order valence-corrected chi connectivity index (χ2v) is 8.40. The number of rotatable bonds is 5. The van der Waals surface area contributed by atoms with E-state index in [1.165, 1.54) is 0 Å². The van der Waals surface area contributed by atoms with Crippen molar-refractivity contribution in [3.8, 4) is 10.6 Å². The van der Waals surface area contributed by atoms with E-state index < -0.39 is 0 Å². The fourth-order valence-corrected chi connectivity index (χ4v) is 3.65. The molecule has 1 aromatic heterocycles. The number of halogens is 1. The summed E-state index contributed by atoms with van der Waals surface area (Å²) in [5.74, 6) is 0. The summed E-state index contributed by atoms with van der Waals surface area (Å²) in [6, 6.07) is 14.0. The van der Waals surface area contributed by atoms with Gasteiger partial charge in [0.2, 0.25) is 0 Å². The first-order chi connectivity index (χ1) is 12.9. The van der Waals surface area contributed by atoms with Crippen molar-refractivity contribution in [3.63, 3.8) is 0 Å². The van der Waals surface area contributed by atoms with E-state index in [1.54, 1.807) is 17.5 Å². The third kappa shape index (κ3) is 4.96. The highest BCUT2D eigenvalue weighted by molar-refractivity contribution is 9.10. The predicted octanol–water partition coefficient (Wildman–Crippen LogP) is 6.32. The summed E-state index contributed by atoms with van der Waals surface area (Å²) >= 11 is 5.10. The van der Waals surface area contributed by atoms with Crippen LogP contribution in [-0.4, -0.2) is 22.0 Å². The van der Waals surface area contributed by atoms with Gasteiger partial charge in [-0.05, 0) is 56.2 Å². The molecule has 0 saturated carbocycles. The number of amides is 2. The highest BCUT2D eigenvalue weighted by atomic mass is 79.9. The van der Waals surface area contributed by atoms with Gasteiger partial charge < -0.3 is 10.2 Å². The maximum atomic E-state index is 12.9. The van der Waals surface area contributed by atoms with Crippen LogP contribution in [0.4, 0.5) is 10.5 Å². The van der Waals surface area contributed by atoms with Gasteiger partial charge in [0.15, 0.2) is 0 Å². The molecule has 0 bridgehead atoms. The normalized spacial score (nSPS) is 10.9. The van der Waals surface area contributed by atoms with Gasteiger partial charge in [0.1, 0.15) is 5.01 Å². The maximum Gasteiger partial charge on any atom is 0.322 e. The van der Waals surface area contributed by atoms with Crippen LogP contribution in [0.15, 0.2) is 58.5 Å². The quantitative estimate of drug-likeness (QED) is 0.500. The lowest BCUT2D eigenvalue weighted by Gasteiger charge is -2.27. The first-order valence-corrected chi connectivity index (χ1v) is 10.4. The molecule has 0 aliphatic carbocycles. The van der Waals surface area contributed by atoms with E-state index in [9.17, 15) is 4.79 Å². The zero-order chi connectivity index (χ0) is 19.4. The minimum absolute atomic E-state index is 0.0741. The van der Waals surface area contributed by atoms with E-state index in [1.807, 2.05) is 67.4 Å². The first kappa shape index (κ1) is 19.6. The molecule has 27 heavy (non-hydrogen) atoms. The number of carbonyl (C=O) groups is 1. The molecule has 2 aromatic carbocycles. The van der Waals surface area contributed by atoms with E-state index in [4.69, 9.17) is 0 Å². The van der Waals surface area contributed by atoms with Gasteiger partial charge in [0.25, 0.3) is 0 Å². The van der Waals surface area contributed by atoms with Crippen molar-refractivity contribution in [2.45, 2.75) is 33.4 Å². The molecule has 2 amide bonds. The van der Waals surface area contributed by atoms with Gasteiger partial charge in [-0.25, -0.2) is 9.78 Å². The summed E-state index contributed by atoms with van der Waals surface area (Å²) in [6.07, 6.45) is 1.81. The Kier molecular flexibility index (Phi) is 6.29. The largest absolute Gasteiger partial charge is 0.322 e. The molecule has 0 unspecified atom stereocenters. The summed E-state index contributed by atoms with van der Waals surface area (Å²) in [6.45, 7) is 6.59. The van der Waals surface area contributed by atoms with Crippen LogP contribution in [0.2, 0.25) is 0 Å². The van der Waals surface area contributed by atoms with Gasteiger partial charge in [0, 0.05) is 39.9 Å². The van der Waals surface area contributed by atoms with Crippen molar-refractivity contribution >= 4 is 39.0 Å². The zero-order valence-electron chi connectivity index (χ0n) is 15.6. The number of urea groups is 1. The SMILES string of the molecule is Cc1cc(NC(=O)N(Cc2cccc(-c3nccs3)c2)C(C)C)ccc1Br. The van der Waals surface area contributed by atoms with Crippen LogP contribution in [0.5, 0.6) is 0 Å². The summed E-state index contributed by atoms with van der Waals surface area (Å²) in [7, 11) is 0. The molecule has 6 heteroatoms. The van der Waals surface area contributed by atoms with E-state index >= 15 is 0 Å². The van der Waals surface area contributed by atoms with Crippen molar-refractivity contribution in [3.05, 3.63) is 69.6 Å². The van der Waals surface area contributed by atoms with Crippen molar-refractivity contribution in [1.82, 2.24) is 9.88 Å². The summed E-state index contributed by atoms with van der Waals surface area (Å²) in [5.41, 5.74) is 4.04. The molecule has 3 aromatic rings. The molecule has 0 saturated heterocycles. The van der Waals surface area contributed by atoms with Gasteiger partial charge in [-0.2, -0.15) is 0 Å². The summed E-state index contributed by atoms with van der Waals surface area (Å²) in [4.78, 5) is 19.1. The topological polar surface area (TPSA) is 45.2 Å². The average Bonchev–Trinajstić information content (AvgIpc) is 3.17. The highest BCUT2D eigenvalue weighted by Crippen LogP contribution is 2.24. The summed E-state index contributed by atoms with van der Waals surface area (Å²) < 4.78 is 1.03. The molecule has 0 atom stereocenters. The van der Waals surface area contributed by atoms with Crippen LogP contribution >= 0.6 is 27.3 Å². The molecule has 0 aliphatic rings. The molecular weight excluding hydrogens is 422 g/mol. The smallest absolute Gasteiger partial charge is 0.318 e. The second-order valence-electron chi connectivity index (χ2n) is 6.65. The first-order valence-electron chi connectivity index (χ1n) is 8.76. The molecule has 1 N–H and O–H groups in total. The standard InChI is InChI=1S/C21H22BrN3OS/c1-14(2)25(21(26)24-18-7-8-19(22)15(3)11-18)13-16-5-4-6-17(12-16)20-23-9-10-27-20/h4-12,14H,13H2,1-3H3,(H,24,26). The Labute approximate surface area is 172 Å². The van der Waals surface area contributed by atoms with Gasteiger partial charge in [-0.3, -0.25) is 0 Å². The third-order valence-electron chi connectivity index (χ3n) is 4.25. The van der Waals surface area contributed by atoms with Crippen LogP contribution in [0.1, 0.15) is 25.0 Å². The van der Waals surface area contributed by atoms with Crippen LogP contribution in [-0.2, 0) is 6.54 Å². The molecule has 3 rings (SSSR count). The Bertz CT molecular complexity index is 925. The van der Waals surface area contributed by atoms with E-state index in [0.29, 0.717) is 6.54 Å². The number of hydrogen-bond donors (Lipinski definition) is 1. The predicted molar refractivity (Wildman–Crippen MR) is 116 cm³/mol. The number of carbonyl (C=O) groups excluding carboxylic acids is 1. The molecule has 0 aliphatic heterocycles. The average molecular weight is 444 g/mol. The van der Waals surface area contributed by atoms with E-state index in [2.05, 4.69) is 32.3 Å². The Morgan fingerprint density at radius 1 is 1.26 bits per heavy atom. The lowest BCUT2D eigenvalue weighted by Crippen LogP contribution is -2.39. The van der Waals surface area contributed by atoms with Crippen molar-refractivity contribution in [2.75, 3.05) is 5.32 Å². The maximum absolute atomic E-state index is 12.9. The summed E-state index contributed by atoms with van der Waals surface area (Å²) in [5, 5.41) is 5.97. The number of benzene rings is 2. The van der Waals surface area contributed by atoms with Crippen molar-refractivity contribution in [1.29, 1.82) is 0 Å². The van der Waals surface area contributed by atoms with Crippen molar-refractivity contribution in [2.24, 2.45) is 0 Å². The molecule has 0 radical (unpaired) electrons. The number of aryl methyl sites for hydroxylation is 1. The minimum Gasteiger partial charge on any atom is -0.318 e. The Morgan fingerprint density at radius 3 is 2.74 bits per heavy atom. The molecule has 1 heterocycles. The number of thiazole rings is 1. The highest BCUT2D eigenvalue weighted by Gasteiger charge is 2.18. The monoisotopic (exact) mass is 443 g/mol. The number of hydrogen-bond acceptors (Lipinski definition) is 3. The van der Waals surface area contributed by atoms with Crippen LogP contribution in [0, 0.1) is 6.92 Å². The van der Waals surface area contributed by atoms with Crippen LogP contribution < -0.4 is 5.32 Å². The van der Waals surface area contributed by atoms with E-state index in [0.717, 1.165) is 31.9 Å². The van der Waals surface area contributed by atoms with Gasteiger partial charge in [0.05, 0.1) is 0 Å². The van der Waals surface area contributed by atoms with Gasteiger partial charge in [-0.15, -0.1) is 11.3 Å². The number of nitrogens with one attached hydrogen (secondary N) is 1.